The summed E-state index contributed by atoms with van der Waals surface area (Å²) in [5.74, 6) is 0.438. The van der Waals surface area contributed by atoms with E-state index in [4.69, 9.17) is 0 Å². The maximum Gasteiger partial charge on any atom is 0.324 e. The molecule has 9 heteroatoms. The summed E-state index contributed by atoms with van der Waals surface area (Å²) in [4.78, 5) is 32.5. The highest BCUT2D eigenvalue weighted by molar-refractivity contribution is 7.09. The third-order valence-corrected chi connectivity index (χ3v) is 3.95. The number of imide groups is 1. The summed E-state index contributed by atoms with van der Waals surface area (Å²) >= 11 is 1.64. The van der Waals surface area contributed by atoms with Crippen molar-refractivity contribution in [3.63, 3.8) is 0 Å². The number of urea groups is 1. The molecule has 1 aromatic rings. The molecule has 3 N–H and O–H groups in total. The van der Waals surface area contributed by atoms with Gasteiger partial charge in [0, 0.05) is 38.5 Å². The smallest absolute Gasteiger partial charge is 0.324 e. The molecule has 1 fully saturated rings. The lowest BCUT2D eigenvalue weighted by Crippen LogP contribution is -2.43. The first-order chi connectivity index (χ1) is 10.6. The van der Waals surface area contributed by atoms with Crippen LogP contribution < -0.4 is 16.0 Å². The monoisotopic (exact) mass is 324 g/mol. The predicted octanol–water partition coefficient (Wildman–Crippen LogP) is -0.289. The van der Waals surface area contributed by atoms with Gasteiger partial charge in [0.25, 0.3) is 0 Å². The molecular formula is C13H20N6O2S. The van der Waals surface area contributed by atoms with Crippen molar-refractivity contribution in [2.24, 2.45) is 4.99 Å². The lowest BCUT2D eigenvalue weighted by Gasteiger charge is -2.15. The van der Waals surface area contributed by atoms with Crippen LogP contribution in [0.1, 0.15) is 10.7 Å². The van der Waals surface area contributed by atoms with Crippen LogP contribution in [0.4, 0.5) is 4.79 Å². The second kappa shape index (κ2) is 7.74. The highest BCUT2D eigenvalue weighted by Crippen LogP contribution is 2.07. The first kappa shape index (κ1) is 16.2. The highest BCUT2D eigenvalue weighted by atomic mass is 32.1. The van der Waals surface area contributed by atoms with Gasteiger partial charge >= 0.3 is 6.03 Å². The van der Waals surface area contributed by atoms with Gasteiger partial charge < -0.3 is 16.0 Å². The maximum atomic E-state index is 11.4. The van der Waals surface area contributed by atoms with E-state index in [2.05, 4.69) is 25.9 Å². The largest absolute Gasteiger partial charge is 0.356 e. The van der Waals surface area contributed by atoms with Crippen molar-refractivity contribution in [3.8, 4) is 0 Å². The molecule has 3 amide bonds. The van der Waals surface area contributed by atoms with E-state index in [1.807, 2.05) is 12.3 Å². The minimum absolute atomic E-state index is 0.0822. The first-order valence-electron chi connectivity index (χ1n) is 7.04. The number of carbonyl (C=O) groups is 2. The van der Waals surface area contributed by atoms with Crippen LogP contribution in [0.3, 0.4) is 0 Å². The molecule has 2 rings (SSSR count). The molecule has 0 aromatic carbocycles. The zero-order valence-corrected chi connectivity index (χ0v) is 13.5. The Balaban J connectivity index is 1.67. The van der Waals surface area contributed by atoms with E-state index in [-0.39, 0.29) is 18.5 Å². The molecule has 0 spiro atoms. The lowest BCUT2D eigenvalue weighted by molar-refractivity contribution is -0.124. The van der Waals surface area contributed by atoms with Crippen molar-refractivity contribution in [2.45, 2.75) is 13.3 Å². The van der Waals surface area contributed by atoms with Crippen molar-refractivity contribution in [3.05, 3.63) is 16.1 Å². The van der Waals surface area contributed by atoms with Crippen molar-refractivity contribution in [2.75, 3.05) is 33.2 Å². The molecule has 22 heavy (non-hydrogen) atoms. The number of rotatable bonds is 6. The summed E-state index contributed by atoms with van der Waals surface area (Å²) in [6.07, 6.45) is 0.818. The van der Waals surface area contributed by atoms with E-state index < -0.39 is 0 Å². The van der Waals surface area contributed by atoms with Gasteiger partial charge in [-0.05, 0) is 6.92 Å². The summed E-state index contributed by atoms with van der Waals surface area (Å²) in [6.45, 7) is 3.55. The predicted molar refractivity (Wildman–Crippen MR) is 85.0 cm³/mol. The minimum Gasteiger partial charge on any atom is -0.356 e. The number of amides is 3. The van der Waals surface area contributed by atoms with Crippen LogP contribution in [-0.4, -0.2) is 61.0 Å². The molecule has 0 radical (unpaired) electrons. The van der Waals surface area contributed by atoms with Crippen LogP contribution in [0.2, 0.25) is 0 Å². The van der Waals surface area contributed by atoms with Gasteiger partial charge in [0.2, 0.25) is 5.91 Å². The number of nitrogens with zero attached hydrogens (tertiary/aromatic N) is 3. The highest BCUT2D eigenvalue weighted by Gasteiger charge is 2.27. The van der Waals surface area contributed by atoms with Crippen LogP contribution >= 0.6 is 11.3 Å². The fourth-order valence-electron chi connectivity index (χ4n) is 2.02. The Kier molecular flexibility index (Phi) is 5.70. The van der Waals surface area contributed by atoms with E-state index in [9.17, 15) is 9.59 Å². The molecule has 1 aromatic heterocycles. The number of carbonyl (C=O) groups excluding carboxylic acids is 2. The normalized spacial score (nSPS) is 15.2. The molecule has 0 atom stereocenters. The molecule has 1 aliphatic heterocycles. The number of thiazole rings is 1. The number of hydrogen-bond donors (Lipinski definition) is 3. The fourth-order valence-corrected chi connectivity index (χ4v) is 2.67. The van der Waals surface area contributed by atoms with Gasteiger partial charge in [0.15, 0.2) is 5.96 Å². The van der Waals surface area contributed by atoms with E-state index in [0.717, 1.165) is 17.1 Å². The summed E-state index contributed by atoms with van der Waals surface area (Å²) in [6, 6.07) is -0.339. The third-order valence-electron chi connectivity index (χ3n) is 3.13. The van der Waals surface area contributed by atoms with Gasteiger partial charge in [-0.2, -0.15) is 0 Å². The van der Waals surface area contributed by atoms with Crippen molar-refractivity contribution in [1.82, 2.24) is 25.8 Å². The minimum atomic E-state index is -0.339. The summed E-state index contributed by atoms with van der Waals surface area (Å²) in [5.41, 5.74) is 1.06. The molecule has 0 aliphatic carbocycles. The Hall–Kier alpha value is -2.16. The van der Waals surface area contributed by atoms with Crippen LogP contribution in [0.25, 0.3) is 0 Å². The summed E-state index contributed by atoms with van der Waals surface area (Å²) in [5, 5.41) is 11.8. The average molecular weight is 324 g/mol. The number of aromatic nitrogens is 1. The van der Waals surface area contributed by atoms with E-state index in [1.54, 1.807) is 18.4 Å². The Morgan fingerprint density at radius 3 is 2.82 bits per heavy atom. The van der Waals surface area contributed by atoms with Gasteiger partial charge in [-0.15, -0.1) is 11.3 Å². The second-order valence-corrected chi connectivity index (χ2v) is 5.80. The average Bonchev–Trinajstić information content (AvgIpc) is 3.05. The second-order valence-electron chi connectivity index (χ2n) is 4.74. The Morgan fingerprint density at radius 1 is 1.45 bits per heavy atom. The fraction of sp³-hybridized carbons (Fsp3) is 0.538. The molecule has 8 nitrogen and oxygen atoms in total. The van der Waals surface area contributed by atoms with Crippen LogP contribution in [0.5, 0.6) is 0 Å². The molecular weight excluding hydrogens is 304 g/mol. The van der Waals surface area contributed by atoms with Crippen molar-refractivity contribution < 1.29 is 9.59 Å². The number of nitrogens with one attached hydrogen (secondary N) is 3. The molecule has 1 aliphatic rings. The van der Waals surface area contributed by atoms with Gasteiger partial charge in [-0.1, -0.05) is 0 Å². The zero-order valence-electron chi connectivity index (χ0n) is 12.7. The summed E-state index contributed by atoms with van der Waals surface area (Å²) < 4.78 is 0. The van der Waals surface area contributed by atoms with Gasteiger partial charge in [0.05, 0.1) is 17.2 Å². The first-order valence-corrected chi connectivity index (χ1v) is 7.92. The zero-order chi connectivity index (χ0) is 15.9. The Morgan fingerprint density at radius 2 is 2.23 bits per heavy atom. The maximum absolute atomic E-state index is 11.4. The molecule has 0 unspecified atom stereocenters. The summed E-state index contributed by atoms with van der Waals surface area (Å²) in [7, 11) is 1.68. The molecule has 120 valence electrons. The quantitative estimate of drug-likeness (QED) is 0.379. The van der Waals surface area contributed by atoms with Gasteiger partial charge in [0.1, 0.15) is 0 Å². The topological polar surface area (TPSA) is 98.7 Å². The number of hydrogen-bond acceptors (Lipinski definition) is 5. The number of aliphatic imine (C=N–C) groups is 1. The van der Waals surface area contributed by atoms with Crippen LogP contribution in [-0.2, 0) is 11.2 Å². The Bertz CT molecular complexity index is 555. The third kappa shape index (κ3) is 4.42. The molecule has 0 bridgehead atoms. The van der Waals surface area contributed by atoms with Crippen molar-refractivity contribution >= 4 is 29.2 Å². The van der Waals surface area contributed by atoms with E-state index >= 15 is 0 Å². The van der Waals surface area contributed by atoms with Gasteiger partial charge in [-0.25, -0.2) is 9.78 Å². The van der Waals surface area contributed by atoms with Gasteiger partial charge in [-0.3, -0.25) is 14.7 Å². The Labute approximate surface area is 133 Å². The standard InChI is InChI=1S/C13H20N6O2S/c1-9-18-10(8-22-9)3-4-15-12(14-2)16-5-6-19-11(20)7-17-13(19)21/h8H,3-7H2,1-2H3,(H,17,21)(H2,14,15,16). The number of aryl methyl sites for hydroxylation is 1. The van der Waals surface area contributed by atoms with Crippen molar-refractivity contribution in [1.29, 1.82) is 0 Å². The molecule has 0 saturated carbocycles. The van der Waals surface area contributed by atoms with E-state index in [1.165, 1.54) is 4.90 Å². The molecule has 1 saturated heterocycles. The van der Waals surface area contributed by atoms with Crippen LogP contribution in [0, 0.1) is 6.92 Å². The lowest BCUT2D eigenvalue weighted by atomic mass is 10.3. The van der Waals surface area contributed by atoms with E-state index in [0.29, 0.717) is 25.6 Å². The molecule has 2 heterocycles. The SMILES string of the molecule is CN=C(NCCc1csc(C)n1)NCCN1C(=O)CNC1=O. The van der Waals surface area contributed by atoms with Crippen LogP contribution in [0.15, 0.2) is 10.4 Å². The number of guanidine groups is 1.